The molecule has 3 N–H and O–H groups in total. The molecular formula is C9H17N3O3. The molecule has 0 radical (unpaired) electrons. The standard InChI is InChI=1S/C9H17N3O3/c1-2-7(8(10)13)11-3-5-12(6-4-11)9(14)15/h7H,2-6H2,1H3,(H2,10,13)(H,14,15). The summed E-state index contributed by atoms with van der Waals surface area (Å²) in [6, 6.07) is -0.263. The van der Waals surface area contributed by atoms with E-state index in [1.807, 2.05) is 11.8 Å². The third kappa shape index (κ3) is 2.82. The molecule has 6 heteroatoms. The number of carbonyl (C=O) groups is 2. The molecule has 1 aliphatic heterocycles. The van der Waals surface area contributed by atoms with Gasteiger partial charge in [-0.1, -0.05) is 6.92 Å². The number of amides is 2. The topological polar surface area (TPSA) is 86.9 Å². The Labute approximate surface area is 88.6 Å². The Bertz CT molecular complexity index is 249. The number of primary amides is 1. The van der Waals surface area contributed by atoms with Crippen LogP contribution in [-0.2, 0) is 4.79 Å². The van der Waals surface area contributed by atoms with E-state index >= 15 is 0 Å². The maximum atomic E-state index is 11.1. The molecule has 1 heterocycles. The normalized spacial score (nSPS) is 19.9. The number of rotatable bonds is 3. The van der Waals surface area contributed by atoms with Crippen molar-refractivity contribution in [2.24, 2.45) is 5.73 Å². The van der Waals surface area contributed by atoms with E-state index in [1.165, 1.54) is 4.90 Å². The number of piperazine rings is 1. The van der Waals surface area contributed by atoms with Crippen LogP contribution in [0.25, 0.3) is 0 Å². The van der Waals surface area contributed by atoms with Crippen molar-refractivity contribution in [2.75, 3.05) is 26.2 Å². The number of hydrogen-bond acceptors (Lipinski definition) is 3. The van der Waals surface area contributed by atoms with Crippen LogP contribution in [-0.4, -0.2) is 59.1 Å². The molecule has 1 atom stereocenters. The van der Waals surface area contributed by atoms with E-state index in [0.29, 0.717) is 32.6 Å². The minimum absolute atomic E-state index is 0.263. The minimum atomic E-state index is -0.901. The summed E-state index contributed by atoms with van der Waals surface area (Å²) < 4.78 is 0. The van der Waals surface area contributed by atoms with Crippen LogP contribution in [0.2, 0.25) is 0 Å². The van der Waals surface area contributed by atoms with Gasteiger partial charge in [-0.05, 0) is 6.42 Å². The SMILES string of the molecule is CCC(C(N)=O)N1CCN(C(=O)O)CC1. The number of hydrogen-bond donors (Lipinski definition) is 2. The summed E-state index contributed by atoms with van der Waals surface area (Å²) in [5.74, 6) is -0.332. The fourth-order valence-electron chi connectivity index (χ4n) is 1.86. The summed E-state index contributed by atoms with van der Waals surface area (Å²) in [6.07, 6.45) is -0.232. The lowest BCUT2D eigenvalue weighted by atomic mass is 10.1. The quantitative estimate of drug-likeness (QED) is 0.667. The van der Waals surface area contributed by atoms with Gasteiger partial charge in [-0.15, -0.1) is 0 Å². The molecule has 0 aromatic heterocycles. The summed E-state index contributed by atoms with van der Waals surface area (Å²) in [5.41, 5.74) is 5.26. The first-order chi connectivity index (χ1) is 7.06. The van der Waals surface area contributed by atoms with E-state index < -0.39 is 6.09 Å². The number of nitrogens with two attached hydrogens (primary N) is 1. The summed E-state index contributed by atoms with van der Waals surface area (Å²) in [5, 5.41) is 8.75. The van der Waals surface area contributed by atoms with Crippen molar-refractivity contribution in [1.82, 2.24) is 9.80 Å². The molecule has 0 aliphatic carbocycles. The van der Waals surface area contributed by atoms with Crippen LogP contribution in [0.15, 0.2) is 0 Å². The lowest BCUT2D eigenvalue weighted by Gasteiger charge is -2.36. The largest absolute Gasteiger partial charge is 0.465 e. The van der Waals surface area contributed by atoms with Crippen molar-refractivity contribution >= 4 is 12.0 Å². The summed E-state index contributed by atoms with van der Waals surface area (Å²) in [6.45, 7) is 3.94. The van der Waals surface area contributed by atoms with Crippen molar-refractivity contribution in [2.45, 2.75) is 19.4 Å². The van der Waals surface area contributed by atoms with E-state index in [2.05, 4.69) is 0 Å². The highest BCUT2D eigenvalue weighted by atomic mass is 16.4. The second-order valence-corrected chi connectivity index (χ2v) is 3.63. The predicted octanol–water partition coefficient (Wildman–Crippen LogP) is -0.454. The fraction of sp³-hybridized carbons (Fsp3) is 0.778. The maximum Gasteiger partial charge on any atom is 0.407 e. The molecule has 0 aromatic carbocycles. The molecule has 0 aromatic rings. The molecular weight excluding hydrogens is 198 g/mol. The third-order valence-electron chi connectivity index (χ3n) is 2.74. The highest BCUT2D eigenvalue weighted by Crippen LogP contribution is 2.08. The molecule has 1 saturated heterocycles. The molecule has 1 aliphatic rings. The zero-order chi connectivity index (χ0) is 11.4. The molecule has 15 heavy (non-hydrogen) atoms. The van der Waals surface area contributed by atoms with Gasteiger partial charge >= 0.3 is 6.09 Å². The van der Waals surface area contributed by atoms with Crippen LogP contribution in [0.5, 0.6) is 0 Å². The lowest BCUT2D eigenvalue weighted by Crippen LogP contribution is -2.54. The Morgan fingerprint density at radius 3 is 2.20 bits per heavy atom. The molecule has 0 spiro atoms. The van der Waals surface area contributed by atoms with Gasteiger partial charge in [0.25, 0.3) is 0 Å². The van der Waals surface area contributed by atoms with E-state index in [-0.39, 0.29) is 11.9 Å². The smallest absolute Gasteiger partial charge is 0.407 e. The molecule has 1 fully saturated rings. The predicted molar refractivity (Wildman–Crippen MR) is 54.4 cm³/mol. The number of nitrogens with zero attached hydrogens (tertiary/aromatic N) is 2. The van der Waals surface area contributed by atoms with Crippen LogP contribution in [0.1, 0.15) is 13.3 Å². The minimum Gasteiger partial charge on any atom is -0.465 e. The first-order valence-corrected chi connectivity index (χ1v) is 5.07. The summed E-state index contributed by atoms with van der Waals surface area (Å²) >= 11 is 0. The molecule has 1 rings (SSSR count). The molecule has 0 saturated carbocycles. The average molecular weight is 215 g/mol. The van der Waals surface area contributed by atoms with Crippen molar-refractivity contribution in [3.63, 3.8) is 0 Å². The Hall–Kier alpha value is -1.30. The molecule has 0 bridgehead atoms. The van der Waals surface area contributed by atoms with Crippen molar-refractivity contribution in [1.29, 1.82) is 0 Å². The van der Waals surface area contributed by atoms with Gasteiger partial charge in [0.2, 0.25) is 5.91 Å². The zero-order valence-corrected chi connectivity index (χ0v) is 8.85. The molecule has 86 valence electrons. The zero-order valence-electron chi connectivity index (χ0n) is 8.85. The highest BCUT2D eigenvalue weighted by Gasteiger charge is 2.27. The van der Waals surface area contributed by atoms with Gasteiger partial charge < -0.3 is 15.7 Å². The van der Waals surface area contributed by atoms with Gasteiger partial charge in [0.15, 0.2) is 0 Å². The van der Waals surface area contributed by atoms with Crippen LogP contribution in [0.4, 0.5) is 4.79 Å². The highest BCUT2D eigenvalue weighted by molar-refractivity contribution is 5.79. The van der Waals surface area contributed by atoms with Crippen LogP contribution < -0.4 is 5.73 Å². The van der Waals surface area contributed by atoms with Gasteiger partial charge in [-0.25, -0.2) is 4.79 Å². The summed E-state index contributed by atoms with van der Waals surface area (Å²) in [7, 11) is 0. The molecule has 6 nitrogen and oxygen atoms in total. The number of carboxylic acid groups (broad SMARTS) is 1. The van der Waals surface area contributed by atoms with E-state index in [1.54, 1.807) is 0 Å². The molecule has 1 unspecified atom stereocenters. The first-order valence-electron chi connectivity index (χ1n) is 5.07. The number of carbonyl (C=O) groups excluding carboxylic acids is 1. The van der Waals surface area contributed by atoms with Gasteiger partial charge in [0.1, 0.15) is 0 Å². The van der Waals surface area contributed by atoms with Crippen molar-refractivity contribution < 1.29 is 14.7 Å². The van der Waals surface area contributed by atoms with Crippen LogP contribution >= 0.6 is 0 Å². The third-order valence-corrected chi connectivity index (χ3v) is 2.74. The van der Waals surface area contributed by atoms with Crippen LogP contribution in [0.3, 0.4) is 0 Å². The van der Waals surface area contributed by atoms with Gasteiger partial charge in [-0.3, -0.25) is 9.69 Å². The van der Waals surface area contributed by atoms with E-state index in [9.17, 15) is 9.59 Å². The fourth-order valence-corrected chi connectivity index (χ4v) is 1.86. The lowest BCUT2D eigenvalue weighted by molar-refractivity contribution is -0.123. The summed E-state index contributed by atoms with van der Waals surface area (Å²) in [4.78, 5) is 25.0. The Morgan fingerprint density at radius 1 is 1.33 bits per heavy atom. The van der Waals surface area contributed by atoms with Gasteiger partial charge in [-0.2, -0.15) is 0 Å². The second-order valence-electron chi connectivity index (χ2n) is 3.63. The monoisotopic (exact) mass is 215 g/mol. The van der Waals surface area contributed by atoms with Crippen molar-refractivity contribution in [3.05, 3.63) is 0 Å². The van der Waals surface area contributed by atoms with E-state index in [0.717, 1.165) is 0 Å². The molecule has 2 amide bonds. The first kappa shape index (κ1) is 11.8. The second kappa shape index (κ2) is 4.97. The van der Waals surface area contributed by atoms with Gasteiger partial charge in [0, 0.05) is 26.2 Å². The van der Waals surface area contributed by atoms with Gasteiger partial charge in [0.05, 0.1) is 6.04 Å². The Kier molecular flexibility index (Phi) is 3.90. The Morgan fingerprint density at radius 2 is 1.87 bits per heavy atom. The maximum absolute atomic E-state index is 11.1. The average Bonchev–Trinajstić information content (AvgIpc) is 2.19. The Balaban J connectivity index is 2.49. The van der Waals surface area contributed by atoms with Crippen molar-refractivity contribution in [3.8, 4) is 0 Å². The van der Waals surface area contributed by atoms with E-state index in [4.69, 9.17) is 10.8 Å². The van der Waals surface area contributed by atoms with Crippen LogP contribution in [0, 0.1) is 0 Å².